The molecule has 0 saturated carbocycles. The zero-order valence-electron chi connectivity index (χ0n) is 13.5. The first-order valence-electron chi connectivity index (χ1n) is 7.96. The van der Waals surface area contributed by atoms with Crippen LogP contribution in [0.3, 0.4) is 0 Å². The number of thiazole rings is 1. The van der Waals surface area contributed by atoms with E-state index in [1.807, 2.05) is 17.2 Å². The first-order chi connectivity index (χ1) is 11.1. The Morgan fingerprint density at radius 3 is 2.96 bits per heavy atom. The van der Waals surface area contributed by atoms with E-state index in [9.17, 15) is 9.59 Å². The fourth-order valence-corrected chi connectivity index (χ4v) is 4.71. The van der Waals surface area contributed by atoms with Gasteiger partial charge >= 0.3 is 5.97 Å². The third-order valence-corrected chi connectivity index (χ3v) is 5.67. The molecule has 1 aromatic rings. The van der Waals surface area contributed by atoms with Gasteiger partial charge in [0.2, 0.25) is 5.91 Å². The van der Waals surface area contributed by atoms with Gasteiger partial charge in [0.1, 0.15) is 6.61 Å². The van der Waals surface area contributed by atoms with Crippen LogP contribution in [0.5, 0.6) is 0 Å². The molecule has 126 valence electrons. The Morgan fingerprint density at radius 2 is 2.30 bits per heavy atom. The molecule has 0 aliphatic carbocycles. The second-order valence-corrected chi connectivity index (χ2v) is 6.91. The lowest BCUT2D eigenvalue weighted by atomic mass is 9.71. The molecule has 23 heavy (non-hydrogen) atoms. The highest BCUT2D eigenvalue weighted by molar-refractivity contribution is 7.07. The maximum absolute atomic E-state index is 12.6. The van der Waals surface area contributed by atoms with Gasteiger partial charge in [0.05, 0.1) is 23.7 Å². The molecule has 0 spiro atoms. The summed E-state index contributed by atoms with van der Waals surface area (Å²) in [6.07, 6.45) is 2.96. The number of methoxy groups -OCH3 is 1. The highest BCUT2D eigenvalue weighted by Crippen LogP contribution is 2.52. The van der Waals surface area contributed by atoms with Gasteiger partial charge in [-0.3, -0.25) is 9.59 Å². The van der Waals surface area contributed by atoms with E-state index >= 15 is 0 Å². The second-order valence-electron chi connectivity index (χ2n) is 6.19. The highest BCUT2D eigenvalue weighted by atomic mass is 32.1. The van der Waals surface area contributed by atoms with Gasteiger partial charge in [-0.2, -0.15) is 0 Å². The van der Waals surface area contributed by atoms with Crippen molar-refractivity contribution in [2.45, 2.75) is 44.7 Å². The molecular weight excluding hydrogens is 316 g/mol. The predicted molar refractivity (Wildman–Crippen MR) is 85.0 cm³/mol. The maximum Gasteiger partial charge on any atom is 0.314 e. The van der Waals surface area contributed by atoms with Crippen LogP contribution in [0.15, 0.2) is 10.9 Å². The molecule has 0 N–H and O–H groups in total. The van der Waals surface area contributed by atoms with Gasteiger partial charge in [0.15, 0.2) is 0 Å². The summed E-state index contributed by atoms with van der Waals surface area (Å²) in [6, 6.07) is -0.0136. The van der Waals surface area contributed by atoms with Crippen molar-refractivity contribution in [3.8, 4) is 0 Å². The van der Waals surface area contributed by atoms with E-state index in [2.05, 4.69) is 4.98 Å². The maximum atomic E-state index is 12.6. The normalized spacial score (nSPS) is 29.0. The van der Waals surface area contributed by atoms with Gasteiger partial charge in [-0.25, -0.2) is 4.98 Å². The van der Waals surface area contributed by atoms with E-state index in [4.69, 9.17) is 9.47 Å². The van der Waals surface area contributed by atoms with Crippen molar-refractivity contribution < 1.29 is 19.1 Å². The molecule has 2 aliphatic heterocycles. The number of ether oxygens (including phenoxy) is 2. The quantitative estimate of drug-likeness (QED) is 0.738. The molecule has 0 aromatic carbocycles. The summed E-state index contributed by atoms with van der Waals surface area (Å²) >= 11 is 1.52. The van der Waals surface area contributed by atoms with Crippen LogP contribution in [0.2, 0.25) is 0 Å². The van der Waals surface area contributed by atoms with Crippen LogP contribution >= 0.6 is 11.3 Å². The first kappa shape index (κ1) is 16.4. The SMILES string of the molecule is CCOCC(=O)N1[C@@H]2CC[C@H]1[C@@](Cc1cscn1)(C(=O)OC)C2. The molecular formula is C16H22N2O4S. The molecule has 0 unspecified atom stereocenters. The summed E-state index contributed by atoms with van der Waals surface area (Å²) in [4.78, 5) is 31.3. The lowest BCUT2D eigenvalue weighted by Gasteiger charge is -2.34. The lowest BCUT2D eigenvalue weighted by Crippen LogP contribution is -2.47. The molecule has 2 saturated heterocycles. The molecule has 1 aromatic heterocycles. The topological polar surface area (TPSA) is 68.7 Å². The van der Waals surface area contributed by atoms with Crippen LogP contribution < -0.4 is 0 Å². The Bertz CT molecular complexity index is 577. The van der Waals surface area contributed by atoms with Crippen molar-refractivity contribution in [2.24, 2.45) is 5.41 Å². The summed E-state index contributed by atoms with van der Waals surface area (Å²) in [7, 11) is 1.42. The van der Waals surface area contributed by atoms with Gasteiger partial charge < -0.3 is 14.4 Å². The molecule has 2 fully saturated rings. The number of rotatable bonds is 6. The third-order valence-electron chi connectivity index (χ3n) is 5.03. The average Bonchev–Trinajstić information content (AvgIpc) is 3.27. The van der Waals surface area contributed by atoms with Crippen LogP contribution in [0, 0.1) is 5.41 Å². The Labute approximate surface area is 139 Å². The van der Waals surface area contributed by atoms with Gasteiger partial charge in [-0.15, -0.1) is 11.3 Å². The van der Waals surface area contributed by atoms with E-state index < -0.39 is 5.41 Å². The minimum atomic E-state index is -0.673. The monoisotopic (exact) mass is 338 g/mol. The number of amides is 1. The van der Waals surface area contributed by atoms with Crippen molar-refractivity contribution in [3.05, 3.63) is 16.6 Å². The van der Waals surface area contributed by atoms with Crippen LogP contribution in [-0.4, -0.2) is 54.2 Å². The zero-order chi connectivity index (χ0) is 16.4. The van der Waals surface area contributed by atoms with E-state index in [-0.39, 0.29) is 30.6 Å². The third kappa shape index (κ3) is 2.76. The largest absolute Gasteiger partial charge is 0.469 e. The first-order valence-corrected chi connectivity index (χ1v) is 8.91. The van der Waals surface area contributed by atoms with Crippen LogP contribution in [0.25, 0.3) is 0 Å². The summed E-state index contributed by atoms with van der Waals surface area (Å²) < 4.78 is 10.4. The number of nitrogens with zero attached hydrogens (tertiary/aromatic N) is 2. The van der Waals surface area contributed by atoms with E-state index in [1.165, 1.54) is 18.4 Å². The zero-order valence-corrected chi connectivity index (χ0v) is 14.3. The number of aromatic nitrogens is 1. The minimum Gasteiger partial charge on any atom is -0.469 e. The number of hydrogen-bond donors (Lipinski definition) is 0. The average molecular weight is 338 g/mol. The van der Waals surface area contributed by atoms with Crippen molar-refractivity contribution in [2.75, 3.05) is 20.3 Å². The van der Waals surface area contributed by atoms with Crippen LogP contribution in [0.1, 0.15) is 31.9 Å². The summed E-state index contributed by atoms with van der Waals surface area (Å²) in [5, 5.41) is 1.96. The molecule has 2 aliphatic rings. The molecule has 2 bridgehead atoms. The van der Waals surface area contributed by atoms with E-state index in [0.29, 0.717) is 19.4 Å². The smallest absolute Gasteiger partial charge is 0.314 e. The second kappa shape index (κ2) is 6.57. The van der Waals surface area contributed by atoms with Gasteiger partial charge in [0, 0.05) is 30.5 Å². The fraction of sp³-hybridized carbons (Fsp3) is 0.688. The molecule has 3 atom stereocenters. The Balaban J connectivity index is 1.86. The summed E-state index contributed by atoms with van der Waals surface area (Å²) in [6.45, 7) is 2.46. The van der Waals surface area contributed by atoms with E-state index in [0.717, 1.165) is 18.5 Å². The molecule has 7 heteroatoms. The predicted octanol–water partition coefficient (Wildman–Crippen LogP) is 1.64. The summed E-state index contributed by atoms with van der Waals surface area (Å²) in [5.41, 5.74) is 1.99. The number of fused-ring (bicyclic) bond motifs is 2. The lowest BCUT2D eigenvalue weighted by molar-refractivity contribution is -0.155. The molecule has 1 amide bonds. The molecule has 3 rings (SSSR count). The minimum absolute atomic E-state index is 0.0246. The van der Waals surface area contributed by atoms with Gasteiger partial charge in [-0.1, -0.05) is 0 Å². The Morgan fingerprint density at radius 1 is 1.48 bits per heavy atom. The highest BCUT2D eigenvalue weighted by Gasteiger charge is 2.61. The molecule has 3 heterocycles. The van der Waals surface area contributed by atoms with E-state index in [1.54, 1.807) is 5.51 Å². The van der Waals surface area contributed by atoms with Crippen LogP contribution in [-0.2, 0) is 25.5 Å². The van der Waals surface area contributed by atoms with Gasteiger partial charge in [0.25, 0.3) is 0 Å². The van der Waals surface area contributed by atoms with Crippen molar-refractivity contribution in [1.29, 1.82) is 0 Å². The number of carbonyl (C=O) groups excluding carboxylic acids is 2. The summed E-state index contributed by atoms with van der Waals surface area (Å²) in [5.74, 6) is -0.254. The van der Waals surface area contributed by atoms with Crippen molar-refractivity contribution in [3.63, 3.8) is 0 Å². The van der Waals surface area contributed by atoms with Gasteiger partial charge in [-0.05, 0) is 26.2 Å². The molecule has 6 nitrogen and oxygen atoms in total. The van der Waals surface area contributed by atoms with Crippen molar-refractivity contribution in [1.82, 2.24) is 9.88 Å². The molecule has 0 radical (unpaired) electrons. The Kier molecular flexibility index (Phi) is 4.68. The Hall–Kier alpha value is -1.47. The number of esters is 1. The number of hydrogen-bond acceptors (Lipinski definition) is 6. The number of carbonyl (C=O) groups is 2. The standard InChI is InChI=1S/C16H22N2O4S/c1-3-22-8-14(19)18-12-4-5-13(18)16(7-12,15(20)21-2)6-11-9-23-10-17-11/h9-10,12-13H,3-8H2,1-2H3/t12-,13+,16+/m1/s1. The van der Waals surface area contributed by atoms with Crippen molar-refractivity contribution >= 4 is 23.2 Å². The van der Waals surface area contributed by atoms with Crippen LogP contribution in [0.4, 0.5) is 0 Å². The fourth-order valence-electron chi connectivity index (χ4n) is 4.16.